The first-order valence-corrected chi connectivity index (χ1v) is 7.60. The van der Waals surface area contributed by atoms with E-state index < -0.39 is 0 Å². The minimum absolute atomic E-state index is 0.0357. The van der Waals surface area contributed by atoms with E-state index in [1.54, 1.807) is 0 Å². The molecule has 1 atom stereocenters. The van der Waals surface area contributed by atoms with Crippen LogP contribution in [0.4, 0.5) is 0 Å². The maximum absolute atomic E-state index is 12.6. The van der Waals surface area contributed by atoms with Crippen LogP contribution in [0.15, 0.2) is 0 Å². The van der Waals surface area contributed by atoms with E-state index in [0.29, 0.717) is 12.6 Å². The van der Waals surface area contributed by atoms with Crippen molar-refractivity contribution in [1.29, 1.82) is 0 Å². The number of piperidine rings is 1. The van der Waals surface area contributed by atoms with Crippen molar-refractivity contribution in [3.63, 3.8) is 0 Å². The molecule has 20 heavy (non-hydrogen) atoms. The molecule has 0 spiro atoms. The quantitative estimate of drug-likeness (QED) is 0.901. The highest BCUT2D eigenvalue weighted by Gasteiger charge is 2.33. The number of nitrogens with one attached hydrogen (secondary N) is 1. The van der Waals surface area contributed by atoms with E-state index in [-0.39, 0.29) is 11.9 Å². The van der Waals surface area contributed by atoms with E-state index in [4.69, 9.17) is 0 Å². The Morgan fingerprint density at radius 2 is 2.05 bits per heavy atom. The van der Waals surface area contributed by atoms with Crippen LogP contribution in [-0.4, -0.2) is 39.2 Å². The van der Waals surface area contributed by atoms with Crippen molar-refractivity contribution in [2.24, 2.45) is 7.05 Å². The Hall–Kier alpha value is -1.36. The smallest absolute Gasteiger partial charge is 0.240 e. The zero-order valence-corrected chi connectivity index (χ0v) is 12.6. The van der Waals surface area contributed by atoms with E-state index in [2.05, 4.69) is 17.3 Å². The van der Waals surface area contributed by atoms with Crippen LogP contribution in [-0.2, 0) is 18.4 Å². The predicted molar refractivity (Wildman–Crippen MR) is 77.3 cm³/mol. The van der Waals surface area contributed by atoms with Crippen LogP contribution in [0, 0.1) is 13.8 Å². The summed E-state index contributed by atoms with van der Waals surface area (Å²) < 4.78 is 1.90. The van der Waals surface area contributed by atoms with Crippen molar-refractivity contribution in [3.8, 4) is 0 Å². The zero-order chi connectivity index (χ0) is 14.3. The molecule has 2 fully saturated rings. The molecule has 5 nitrogen and oxygen atoms in total. The highest BCUT2D eigenvalue weighted by Crippen LogP contribution is 2.24. The van der Waals surface area contributed by atoms with Gasteiger partial charge in [0.25, 0.3) is 0 Å². The third-order valence-electron chi connectivity index (χ3n) is 4.55. The number of aromatic nitrogens is 2. The van der Waals surface area contributed by atoms with Crippen molar-refractivity contribution in [3.05, 3.63) is 17.0 Å². The Morgan fingerprint density at radius 3 is 2.65 bits per heavy atom. The van der Waals surface area contributed by atoms with Gasteiger partial charge >= 0.3 is 0 Å². The predicted octanol–water partition coefficient (Wildman–Crippen LogP) is 1.28. The fourth-order valence-corrected chi connectivity index (χ4v) is 3.02. The summed E-state index contributed by atoms with van der Waals surface area (Å²) in [7, 11) is 1.96. The molecule has 1 aliphatic carbocycles. The summed E-state index contributed by atoms with van der Waals surface area (Å²) in [5.41, 5.74) is 3.40. The molecule has 2 aliphatic rings. The van der Waals surface area contributed by atoms with Gasteiger partial charge in [-0.05, 0) is 39.5 Å². The highest BCUT2D eigenvalue weighted by molar-refractivity contribution is 5.82. The van der Waals surface area contributed by atoms with Gasteiger partial charge in [-0.1, -0.05) is 0 Å². The lowest BCUT2D eigenvalue weighted by molar-refractivity contribution is -0.136. The maximum Gasteiger partial charge on any atom is 0.240 e. The third-order valence-corrected chi connectivity index (χ3v) is 4.55. The third kappa shape index (κ3) is 2.59. The zero-order valence-electron chi connectivity index (χ0n) is 12.6. The Labute approximate surface area is 120 Å². The largest absolute Gasteiger partial charge is 0.337 e. The minimum atomic E-state index is 0.0357. The van der Waals surface area contributed by atoms with Gasteiger partial charge in [0.15, 0.2) is 0 Å². The topological polar surface area (TPSA) is 50.2 Å². The van der Waals surface area contributed by atoms with Crippen LogP contribution in [0.5, 0.6) is 0 Å². The van der Waals surface area contributed by atoms with Crippen molar-refractivity contribution in [1.82, 2.24) is 20.0 Å². The number of nitrogens with zero attached hydrogens (tertiary/aromatic N) is 3. The Morgan fingerprint density at radius 1 is 1.30 bits per heavy atom. The molecule has 1 saturated carbocycles. The van der Waals surface area contributed by atoms with Crippen molar-refractivity contribution in [2.75, 3.05) is 6.54 Å². The van der Waals surface area contributed by atoms with E-state index in [9.17, 15) is 4.79 Å². The maximum atomic E-state index is 12.6. The van der Waals surface area contributed by atoms with E-state index in [1.807, 2.05) is 23.6 Å². The van der Waals surface area contributed by atoms with Crippen LogP contribution in [0.1, 0.15) is 42.6 Å². The number of amides is 1. The van der Waals surface area contributed by atoms with Crippen molar-refractivity contribution < 1.29 is 4.79 Å². The minimum Gasteiger partial charge on any atom is -0.337 e. The lowest BCUT2D eigenvalue weighted by Gasteiger charge is -2.33. The first-order chi connectivity index (χ1) is 9.56. The normalized spacial score (nSPS) is 23.4. The second-order valence-corrected chi connectivity index (χ2v) is 6.17. The molecule has 1 unspecified atom stereocenters. The molecule has 5 heteroatoms. The highest BCUT2D eigenvalue weighted by atomic mass is 16.2. The standard InChI is InChI=1S/C15H24N4O/c1-10-13(11(2)18(3)17-10)9-19-8-4-5-14(15(19)20)16-12-6-7-12/h12,14,16H,4-9H2,1-3H3. The van der Waals surface area contributed by atoms with E-state index in [0.717, 1.165) is 30.8 Å². The van der Waals surface area contributed by atoms with Gasteiger partial charge in [0.1, 0.15) is 0 Å². The second kappa shape index (κ2) is 5.20. The Balaban J connectivity index is 1.70. The van der Waals surface area contributed by atoms with Gasteiger partial charge in [0, 0.05) is 37.4 Å². The van der Waals surface area contributed by atoms with Gasteiger partial charge < -0.3 is 10.2 Å². The molecule has 3 rings (SSSR count). The van der Waals surface area contributed by atoms with Gasteiger partial charge in [-0.3, -0.25) is 9.48 Å². The summed E-state index contributed by atoms with van der Waals surface area (Å²) in [6.45, 7) is 5.67. The average Bonchev–Trinajstić information content (AvgIpc) is 3.18. The van der Waals surface area contributed by atoms with Crippen LogP contribution >= 0.6 is 0 Å². The molecule has 1 saturated heterocycles. The van der Waals surface area contributed by atoms with Gasteiger partial charge in [-0.25, -0.2) is 0 Å². The van der Waals surface area contributed by atoms with E-state index >= 15 is 0 Å². The summed E-state index contributed by atoms with van der Waals surface area (Å²) in [5, 5.41) is 7.92. The molecule has 1 N–H and O–H groups in total. The average molecular weight is 276 g/mol. The van der Waals surface area contributed by atoms with Gasteiger partial charge in [0.05, 0.1) is 11.7 Å². The molecule has 1 aromatic rings. The number of likely N-dealkylation sites (tertiary alicyclic amines) is 1. The number of carbonyl (C=O) groups excluding carboxylic acids is 1. The fourth-order valence-electron chi connectivity index (χ4n) is 3.02. The van der Waals surface area contributed by atoms with Crippen LogP contribution < -0.4 is 5.32 Å². The van der Waals surface area contributed by atoms with Crippen molar-refractivity contribution in [2.45, 2.75) is 58.2 Å². The first kappa shape index (κ1) is 13.6. The Bertz CT molecular complexity index is 518. The monoisotopic (exact) mass is 276 g/mol. The van der Waals surface area contributed by atoms with Crippen LogP contribution in [0.2, 0.25) is 0 Å². The van der Waals surface area contributed by atoms with Crippen LogP contribution in [0.3, 0.4) is 0 Å². The van der Waals surface area contributed by atoms with Crippen LogP contribution in [0.25, 0.3) is 0 Å². The molecule has 0 aromatic carbocycles. The number of rotatable bonds is 4. The number of carbonyl (C=O) groups is 1. The van der Waals surface area contributed by atoms with Gasteiger partial charge in [-0.15, -0.1) is 0 Å². The molecule has 1 aliphatic heterocycles. The molecular formula is C15H24N4O. The summed E-state index contributed by atoms with van der Waals surface area (Å²) in [5.74, 6) is 0.269. The molecule has 110 valence electrons. The molecule has 1 aromatic heterocycles. The second-order valence-electron chi connectivity index (χ2n) is 6.17. The summed E-state index contributed by atoms with van der Waals surface area (Å²) >= 11 is 0. The number of hydrogen-bond donors (Lipinski definition) is 1. The summed E-state index contributed by atoms with van der Waals surface area (Å²) in [6.07, 6.45) is 4.53. The fraction of sp³-hybridized carbons (Fsp3) is 0.733. The van der Waals surface area contributed by atoms with E-state index in [1.165, 1.54) is 18.4 Å². The summed E-state index contributed by atoms with van der Waals surface area (Å²) in [4.78, 5) is 14.6. The molecule has 2 heterocycles. The lowest BCUT2D eigenvalue weighted by atomic mass is 10.0. The first-order valence-electron chi connectivity index (χ1n) is 7.60. The molecular weight excluding hydrogens is 252 g/mol. The summed E-state index contributed by atoms with van der Waals surface area (Å²) in [6, 6.07) is 0.624. The SMILES string of the molecule is Cc1nn(C)c(C)c1CN1CCCC(NC2CC2)C1=O. The Kier molecular flexibility index (Phi) is 3.54. The number of aryl methyl sites for hydroxylation is 2. The lowest BCUT2D eigenvalue weighted by Crippen LogP contribution is -2.50. The molecule has 0 radical (unpaired) electrons. The number of hydrogen-bond acceptors (Lipinski definition) is 3. The van der Waals surface area contributed by atoms with Crippen molar-refractivity contribution >= 4 is 5.91 Å². The molecule has 0 bridgehead atoms. The van der Waals surface area contributed by atoms with Gasteiger partial charge in [-0.2, -0.15) is 5.10 Å². The van der Waals surface area contributed by atoms with Gasteiger partial charge in [0.2, 0.25) is 5.91 Å². The molecule has 1 amide bonds.